The van der Waals surface area contributed by atoms with E-state index in [1.54, 1.807) is 18.8 Å². The number of nitrogens with one attached hydrogen (secondary N) is 1. The van der Waals surface area contributed by atoms with E-state index in [1.165, 1.54) is 4.90 Å². The van der Waals surface area contributed by atoms with Crippen LogP contribution in [-0.4, -0.2) is 22.6 Å². The molecule has 1 rings (SSSR count). The van der Waals surface area contributed by atoms with Gasteiger partial charge in [-0.1, -0.05) is 32.5 Å². The molecule has 0 unspecified atom stereocenters. The van der Waals surface area contributed by atoms with E-state index in [1.807, 2.05) is 13.0 Å². The van der Waals surface area contributed by atoms with E-state index in [0.29, 0.717) is 0 Å². The molecule has 1 radical (unpaired) electrons. The Morgan fingerprint density at radius 2 is 1.88 bits per heavy atom. The first kappa shape index (κ1) is 16.2. The Hall–Kier alpha value is 0.204. The van der Waals surface area contributed by atoms with E-state index >= 15 is 0 Å². The monoisotopic (exact) mass is 314 g/mol. The van der Waals surface area contributed by atoms with Crippen LogP contribution in [0.4, 0.5) is 0 Å². The first-order valence-corrected chi connectivity index (χ1v) is 5.69. The van der Waals surface area contributed by atoms with Crippen LogP contribution >= 0.6 is 11.8 Å². The second-order valence-corrected chi connectivity index (χ2v) is 6.29. The molecule has 87 valence electrons. The van der Waals surface area contributed by atoms with Gasteiger partial charge in [-0.2, -0.15) is 0 Å². The number of thioether (sulfide) groups is 1. The molecule has 0 spiro atoms. The summed E-state index contributed by atoms with van der Waals surface area (Å²) in [4.78, 5) is 13.9. The maximum Gasteiger partial charge on any atom is 0.236 e. The molecule has 1 aliphatic heterocycles. The Morgan fingerprint density at radius 3 is 2.25 bits per heavy atom. The number of carbonyl (C=O) groups excluding carboxylic acids is 1. The van der Waals surface area contributed by atoms with Crippen molar-refractivity contribution in [1.82, 2.24) is 4.90 Å². The van der Waals surface area contributed by atoms with Crippen molar-refractivity contribution in [2.24, 2.45) is 0 Å². The van der Waals surface area contributed by atoms with Crippen LogP contribution in [0, 0.1) is 0 Å². The van der Waals surface area contributed by atoms with Crippen LogP contribution in [-0.2, 0) is 37.5 Å². The van der Waals surface area contributed by atoms with E-state index in [-0.39, 0.29) is 49.1 Å². The maximum atomic E-state index is 11.6. The molecule has 0 aromatic heterocycles. The molecule has 0 saturated carbocycles. The average molecular weight is 314 g/mol. The Labute approximate surface area is 127 Å². The molecule has 0 saturated heterocycles. The summed E-state index contributed by atoms with van der Waals surface area (Å²) in [7, 11) is 1.71. The zero-order valence-electron chi connectivity index (χ0n) is 10.4. The summed E-state index contributed by atoms with van der Waals surface area (Å²) >= 11 is 1.57. The number of hydrogen-bond acceptors (Lipinski definition) is 2. The van der Waals surface area contributed by atoms with Crippen molar-refractivity contribution >= 4 is 17.7 Å². The summed E-state index contributed by atoms with van der Waals surface area (Å²) < 4.78 is 0.0152. The molecule has 0 aromatic rings. The largest absolute Gasteiger partial charge is 0.693 e. The summed E-state index contributed by atoms with van der Waals surface area (Å²) in [5, 5.41) is 0. The number of hydrogen-bond donors (Lipinski definition) is 0. The number of nitrogens with zero attached hydrogens (tertiary/aromatic N) is 1. The molecule has 0 fully saturated rings. The molecular formula is C11H17N2OSY-. The van der Waals surface area contributed by atoms with Gasteiger partial charge in [0.25, 0.3) is 0 Å². The topological polar surface area (TPSA) is 44.1 Å². The molecule has 3 nitrogen and oxygen atoms in total. The third-order valence-corrected chi connectivity index (χ3v) is 3.25. The minimum Gasteiger partial charge on any atom is -0.693 e. The smallest absolute Gasteiger partial charge is 0.236 e. The predicted octanol–water partition coefficient (Wildman–Crippen LogP) is 3.16. The molecule has 0 aromatic carbocycles. The van der Waals surface area contributed by atoms with E-state index in [9.17, 15) is 4.79 Å². The van der Waals surface area contributed by atoms with Crippen molar-refractivity contribution in [3.8, 4) is 0 Å². The van der Waals surface area contributed by atoms with Gasteiger partial charge in [0, 0.05) is 49.4 Å². The first-order valence-electron chi connectivity index (χ1n) is 4.87. The fourth-order valence-electron chi connectivity index (χ4n) is 1.39. The van der Waals surface area contributed by atoms with Gasteiger partial charge in [-0.15, -0.1) is 11.8 Å². The summed E-state index contributed by atoms with van der Waals surface area (Å²) in [5.41, 5.74) is 8.73. The van der Waals surface area contributed by atoms with Crippen LogP contribution in [0.5, 0.6) is 0 Å². The Balaban J connectivity index is 0.00000225. The van der Waals surface area contributed by atoms with E-state index < -0.39 is 0 Å². The third kappa shape index (κ3) is 3.35. The fourth-order valence-corrected chi connectivity index (χ4v) is 2.55. The first-order chi connectivity index (χ1) is 6.78. The van der Waals surface area contributed by atoms with Crippen LogP contribution in [0.25, 0.3) is 5.73 Å². The van der Waals surface area contributed by atoms with Crippen LogP contribution < -0.4 is 0 Å². The van der Waals surface area contributed by atoms with Gasteiger partial charge in [0.1, 0.15) is 0 Å². The van der Waals surface area contributed by atoms with Crippen LogP contribution in [0.15, 0.2) is 22.4 Å². The summed E-state index contributed by atoms with van der Waals surface area (Å²) in [6.07, 6.45) is 1.88. The van der Waals surface area contributed by atoms with Crippen LogP contribution in [0.1, 0.15) is 27.7 Å². The molecule has 1 aliphatic rings. The SMILES string of the molecule is C/C=C1/C(SC(C)(C)C)=C([NH-])C(=O)N1C.[Y]. The van der Waals surface area contributed by atoms with Gasteiger partial charge in [-0.05, 0) is 6.92 Å². The summed E-state index contributed by atoms with van der Waals surface area (Å²) in [6, 6.07) is 0. The minimum absolute atomic E-state index is 0. The maximum absolute atomic E-state index is 11.6. The van der Waals surface area contributed by atoms with Crippen molar-refractivity contribution in [1.29, 1.82) is 0 Å². The number of likely N-dealkylation sites (N-methyl/N-ethyl adjacent to an activating group) is 1. The molecular weight excluding hydrogens is 297 g/mol. The number of allylic oxidation sites excluding steroid dienone is 1. The number of amides is 1. The molecule has 1 N–H and O–H groups in total. The normalized spacial score (nSPS) is 19.4. The predicted molar refractivity (Wildman–Crippen MR) is 65.2 cm³/mol. The van der Waals surface area contributed by atoms with Gasteiger partial charge in [0.05, 0.1) is 5.70 Å². The van der Waals surface area contributed by atoms with Gasteiger partial charge in [0.15, 0.2) is 0 Å². The molecule has 0 aliphatic carbocycles. The standard InChI is InChI=1S/C11H17N2OS.Y/c1-6-7-9(15-11(2,3)4)8(12)10(14)13(7)5;/h6,12H,1-5H3;/q-1;/b7-6-;. The molecule has 16 heavy (non-hydrogen) atoms. The zero-order chi connectivity index (χ0) is 11.8. The van der Waals surface area contributed by atoms with E-state index in [2.05, 4.69) is 20.8 Å². The summed E-state index contributed by atoms with van der Waals surface area (Å²) in [6.45, 7) is 8.12. The Kier molecular flexibility index (Phi) is 5.77. The van der Waals surface area contributed by atoms with Crippen molar-refractivity contribution in [2.75, 3.05) is 7.05 Å². The quantitative estimate of drug-likeness (QED) is 0.746. The van der Waals surface area contributed by atoms with Crippen molar-refractivity contribution in [3.63, 3.8) is 0 Å². The van der Waals surface area contributed by atoms with E-state index in [0.717, 1.165) is 10.6 Å². The van der Waals surface area contributed by atoms with Gasteiger partial charge in [-0.25, -0.2) is 0 Å². The van der Waals surface area contributed by atoms with Crippen LogP contribution in [0.3, 0.4) is 0 Å². The number of rotatable bonds is 1. The molecule has 1 amide bonds. The van der Waals surface area contributed by atoms with Gasteiger partial charge < -0.3 is 10.6 Å². The average Bonchev–Trinajstić information content (AvgIpc) is 2.29. The Morgan fingerprint density at radius 1 is 1.38 bits per heavy atom. The van der Waals surface area contributed by atoms with Gasteiger partial charge in [-0.3, -0.25) is 4.79 Å². The number of carbonyl (C=O) groups is 1. The Bertz CT molecular complexity index is 355. The van der Waals surface area contributed by atoms with Gasteiger partial charge in [0.2, 0.25) is 5.91 Å². The van der Waals surface area contributed by atoms with E-state index in [4.69, 9.17) is 5.73 Å². The van der Waals surface area contributed by atoms with Crippen molar-refractivity contribution < 1.29 is 37.5 Å². The fraction of sp³-hybridized carbons (Fsp3) is 0.545. The van der Waals surface area contributed by atoms with Gasteiger partial charge >= 0.3 is 0 Å². The van der Waals surface area contributed by atoms with Crippen molar-refractivity contribution in [2.45, 2.75) is 32.4 Å². The minimum atomic E-state index is -0.213. The molecule has 5 heteroatoms. The third-order valence-electron chi connectivity index (χ3n) is 2.02. The van der Waals surface area contributed by atoms with Crippen molar-refractivity contribution in [3.05, 3.63) is 28.1 Å². The second-order valence-electron chi connectivity index (χ2n) is 4.46. The second kappa shape index (κ2) is 5.70. The zero-order valence-corrected chi connectivity index (χ0v) is 14.1. The molecule has 1 heterocycles. The summed E-state index contributed by atoms with van der Waals surface area (Å²) in [5.74, 6) is -0.213. The molecule has 0 bridgehead atoms. The molecule has 0 atom stereocenters. The van der Waals surface area contributed by atoms with Crippen LogP contribution in [0.2, 0.25) is 0 Å².